The van der Waals surface area contributed by atoms with Crippen molar-refractivity contribution in [2.24, 2.45) is 11.0 Å². The Labute approximate surface area is 122 Å². The van der Waals surface area contributed by atoms with E-state index in [0.29, 0.717) is 21.5 Å². The largest absolute Gasteiger partial charge is 0.272 e. The number of amides is 1. The summed E-state index contributed by atoms with van der Waals surface area (Å²) in [6.07, 6.45) is 9.17. The molecule has 0 saturated carbocycles. The summed E-state index contributed by atoms with van der Waals surface area (Å²) in [4.78, 5) is 11.9. The molecule has 100 valence electrons. The molecular weight excluding hydrogens is 283 g/mol. The van der Waals surface area contributed by atoms with Gasteiger partial charge >= 0.3 is 0 Å². The molecule has 1 aliphatic rings. The summed E-state index contributed by atoms with van der Waals surface area (Å²) in [5.41, 5.74) is 2.81. The summed E-state index contributed by atoms with van der Waals surface area (Å²) in [6.45, 7) is 0. The fourth-order valence-corrected chi connectivity index (χ4v) is 2.26. The normalized spacial score (nSPS) is 18.7. The zero-order valence-electron chi connectivity index (χ0n) is 10.3. The summed E-state index contributed by atoms with van der Waals surface area (Å²) >= 11 is 11.8. The molecule has 1 aromatic carbocycles. The first kappa shape index (κ1) is 14.1. The number of carbonyl (C=O) groups excluding carboxylic acids is 1. The van der Waals surface area contributed by atoms with Crippen molar-refractivity contribution in [1.82, 2.24) is 5.43 Å². The lowest BCUT2D eigenvalue weighted by molar-refractivity contribution is 0.0955. The van der Waals surface area contributed by atoms with Crippen molar-refractivity contribution in [3.8, 4) is 0 Å². The molecule has 0 aliphatic heterocycles. The number of carbonyl (C=O) groups is 1. The van der Waals surface area contributed by atoms with Crippen LogP contribution in [0.1, 0.15) is 29.6 Å². The highest BCUT2D eigenvalue weighted by atomic mass is 35.5. The van der Waals surface area contributed by atoms with Gasteiger partial charge < -0.3 is 0 Å². The van der Waals surface area contributed by atoms with E-state index in [1.54, 1.807) is 18.3 Å². The topological polar surface area (TPSA) is 41.5 Å². The van der Waals surface area contributed by atoms with Crippen molar-refractivity contribution in [1.29, 1.82) is 0 Å². The number of hydrazone groups is 1. The second-order valence-electron chi connectivity index (χ2n) is 4.39. The van der Waals surface area contributed by atoms with Crippen LogP contribution in [-0.2, 0) is 0 Å². The third-order valence-electron chi connectivity index (χ3n) is 2.93. The molecule has 1 N–H and O–H groups in total. The van der Waals surface area contributed by atoms with Crippen molar-refractivity contribution in [2.75, 3.05) is 0 Å². The maximum atomic E-state index is 11.9. The van der Waals surface area contributed by atoms with Gasteiger partial charge in [-0.2, -0.15) is 5.10 Å². The molecule has 0 saturated heterocycles. The van der Waals surface area contributed by atoms with E-state index >= 15 is 0 Å². The highest BCUT2D eigenvalue weighted by Gasteiger charge is 2.11. The van der Waals surface area contributed by atoms with Crippen molar-refractivity contribution >= 4 is 35.3 Å². The highest BCUT2D eigenvalue weighted by Crippen LogP contribution is 2.20. The van der Waals surface area contributed by atoms with E-state index in [0.717, 1.165) is 19.3 Å². The third kappa shape index (κ3) is 4.08. The molecule has 0 heterocycles. The van der Waals surface area contributed by atoms with E-state index in [9.17, 15) is 4.79 Å². The Kier molecular flexibility index (Phi) is 5.00. The van der Waals surface area contributed by atoms with Crippen LogP contribution in [0.3, 0.4) is 0 Å². The second-order valence-corrected chi connectivity index (χ2v) is 5.23. The third-order valence-corrected chi connectivity index (χ3v) is 3.50. The maximum Gasteiger partial charge on any atom is 0.272 e. The lowest BCUT2D eigenvalue weighted by atomic mass is 9.96. The molecule has 0 fully saturated rings. The van der Waals surface area contributed by atoms with E-state index in [-0.39, 0.29) is 5.91 Å². The molecule has 2 rings (SSSR count). The minimum atomic E-state index is -0.352. The summed E-state index contributed by atoms with van der Waals surface area (Å²) in [5, 5.41) is 4.81. The first-order chi connectivity index (χ1) is 9.16. The standard InChI is InChI=1S/C14H14Cl2N2O/c15-11-6-7-13(16)12(8-11)14(19)18-17-9-10-4-2-1-3-5-10/h1-2,6-10H,3-5H2,(H,18,19)/b17-9-/t10-/m1/s1. The Bertz CT molecular complexity index is 526. The van der Waals surface area contributed by atoms with Gasteiger partial charge in [0, 0.05) is 11.2 Å². The predicted octanol–water partition coefficient (Wildman–Crippen LogP) is 4.07. The van der Waals surface area contributed by atoms with Crippen molar-refractivity contribution in [3.63, 3.8) is 0 Å². The van der Waals surface area contributed by atoms with Crippen LogP contribution in [0.15, 0.2) is 35.5 Å². The van der Waals surface area contributed by atoms with Gasteiger partial charge in [-0.1, -0.05) is 35.4 Å². The number of rotatable bonds is 3. The Balaban J connectivity index is 1.95. The molecule has 1 aliphatic carbocycles. The van der Waals surface area contributed by atoms with Crippen LogP contribution in [0.5, 0.6) is 0 Å². The molecule has 5 heteroatoms. The van der Waals surface area contributed by atoms with Gasteiger partial charge in [0.05, 0.1) is 10.6 Å². The molecule has 0 spiro atoms. The Morgan fingerprint density at radius 3 is 2.95 bits per heavy atom. The first-order valence-corrected chi connectivity index (χ1v) is 6.86. The molecule has 1 amide bonds. The number of allylic oxidation sites excluding steroid dienone is 2. The van der Waals surface area contributed by atoms with Crippen LogP contribution in [0.25, 0.3) is 0 Å². The molecule has 3 nitrogen and oxygen atoms in total. The molecule has 1 aromatic rings. The fraction of sp³-hybridized carbons (Fsp3) is 0.286. The van der Waals surface area contributed by atoms with Gasteiger partial charge in [0.1, 0.15) is 0 Å². The van der Waals surface area contributed by atoms with Crippen LogP contribution in [0, 0.1) is 5.92 Å². The summed E-state index contributed by atoms with van der Waals surface area (Å²) in [6, 6.07) is 4.75. The van der Waals surface area contributed by atoms with Crippen LogP contribution < -0.4 is 5.43 Å². The number of nitrogens with one attached hydrogen (secondary N) is 1. The average molecular weight is 297 g/mol. The summed E-state index contributed by atoms with van der Waals surface area (Å²) in [5.74, 6) is 0.0373. The predicted molar refractivity (Wildman–Crippen MR) is 78.9 cm³/mol. The van der Waals surface area contributed by atoms with Crippen molar-refractivity contribution in [3.05, 3.63) is 46.0 Å². The van der Waals surface area contributed by atoms with Crippen LogP contribution in [0.2, 0.25) is 10.0 Å². The lowest BCUT2D eigenvalue weighted by Crippen LogP contribution is -2.19. The number of benzene rings is 1. The SMILES string of the molecule is O=C(N/N=C\[C@@H]1CC=CCC1)c1cc(Cl)ccc1Cl. The van der Waals surface area contributed by atoms with E-state index < -0.39 is 0 Å². The van der Waals surface area contributed by atoms with Crippen molar-refractivity contribution < 1.29 is 4.79 Å². The highest BCUT2D eigenvalue weighted by molar-refractivity contribution is 6.35. The molecular formula is C14H14Cl2N2O. The van der Waals surface area contributed by atoms with Gasteiger partial charge in [0.15, 0.2) is 0 Å². The van der Waals surface area contributed by atoms with E-state index in [1.165, 1.54) is 6.07 Å². The molecule has 0 unspecified atom stereocenters. The van der Waals surface area contributed by atoms with Gasteiger partial charge in [-0.05, 0) is 43.4 Å². The summed E-state index contributed by atoms with van der Waals surface area (Å²) < 4.78 is 0. The van der Waals surface area contributed by atoms with Gasteiger partial charge in [-0.3, -0.25) is 4.79 Å². The van der Waals surface area contributed by atoms with Gasteiger partial charge in [-0.25, -0.2) is 5.43 Å². The summed E-state index contributed by atoms with van der Waals surface area (Å²) in [7, 11) is 0. The second kappa shape index (κ2) is 6.73. The van der Waals surface area contributed by atoms with E-state index in [1.807, 2.05) is 0 Å². The Morgan fingerprint density at radius 2 is 2.21 bits per heavy atom. The minimum Gasteiger partial charge on any atom is -0.267 e. The fourth-order valence-electron chi connectivity index (χ4n) is 1.89. The number of halogens is 2. The quantitative estimate of drug-likeness (QED) is 0.510. The van der Waals surface area contributed by atoms with E-state index in [2.05, 4.69) is 22.7 Å². The molecule has 0 radical (unpaired) electrons. The van der Waals surface area contributed by atoms with E-state index in [4.69, 9.17) is 23.2 Å². The molecule has 0 bridgehead atoms. The zero-order valence-corrected chi connectivity index (χ0v) is 11.8. The molecule has 0 aromatic heterocycles. The zero-order chi connectivity index (χ0) is 13.7. The van der Waals surface area contributed by atoms with Crippen molar-refractivity contribution in [2.45, 2.75) is 19.3 Å². The van der Waals surface area contributed by atoms with Crippen LogP contribution >= 0.6 is 23.2 Å². The Morgan fingerprint density at radius 1 is 1.37 bits per heavy atom. The number of hydrogen-bond donors (Lipinski definition) is 1. The van der Waals surface area contributed by atoms with Gasteiger partial charge in [0.25, 0.3) is 5.91 Å². The molecule has 1 atom stereocenters. The smallest absolute Gasteiger partial charge is 0.267 e. The maximum absolute atomic E-state index is 11.9. The minimum absolute atomic E-state index is 0.329. The Hall–Kier alpha value is -1.32. The van der Waals surface area contributed by atoms with Crippen LogP contribution in [0.4, 0.5) is 0 Å². The lowest BCUT2D eigenvalue weighted by Gasteiger charge is -2.11. The molecule has 19 heavy (non-hydrogen) atoms. The number of nitrogens with zero attached hydrogens (tertiary/aromatic N) is 1. The first-order valence-electron chi connectivity index (χ1n) is 6.10. The van der Waals surface area contributed by atoms with Gasteiger partial charge in [0.2, 0.25) is 0 Å². The monoisotopic (exact) mass is 296 g/mol. The van der Waals surface area contributed by atoms with Gasteiger partial charge in [-0.15, -0.1) is 0 Å². The number of hydrogen-bond acceptors (Lipinski definition) is 2. The average Bonchev–Trinajstić information content (AvgIpc) is 2.42. The van der Waals surface area contributed by atoms with Crippen LogP contribution in [-0.4, -0.2) is 12.1 Å².